The minimum Gasteiger partial charge on any atom is -0.489 e. The third-order valence-electron chi connectivity index (χ3n) is 4.36. The van der Waals surface area contributed by atoms with Crippen LogP contribution in [0.15, 0.2) is 66.7 Å². The van der Waals surface area contributed by atoms with Crippen LogP contribution in [0.5, 0.6) is 23.0 Å². The van der Waals surface area contributed by atoms with E-state index in [0.717, 1.165) is 5.56 Å². The van der Waals surface area contributed by atoms with E-state index in [4.69, 9.17) is 18.9 Å². The third kappa shape index (κ3) is 5.21. The van der Waals surface area contributed by atoms with Crippen LogP contribution in [0, 0.1) is 10.1 Å². The predicted octanol–water partition coefficient (Wildman–Crippen LogP) is 3.92. The largest absolute Gasteiger partial charge is 0.489 e. The van der Waals surface area contributed by atoms with Gasteiger partial charge in [-0.2, -0.15) is 0 Å². The number of carbonyl (C=O) groups excluding carboxylic acids is 1. The van der Waals surface area contributed by atoms with Gasteiger partial charge in [0.2, 0.25) is 6.79 Å². The molecule has 1 N–H and O–H groups in total. The second kappa shape index (κ2) is 9.04. The van der Waals surface area contributed by atoms with E-state index in [1.165, 1.54) is 18.2 Å². The molecule has 0 saturated heterocycles. The van der Waals surface area contributed by atoms with Gasteiger partial charge in [-0.1, -0.05) is 18.2 Å². The standard InChI is InChI=1S/C22H18N2O7/c25-22(13-29-18-6-2-5-17(10-18)24(26)27)23-16-4-1-3-15(9-16)12-28-19-7-8-20-21(11-19)31-14-30-20/h1-11H,12-14H2,(H,23,25). The van der Waals surface area contributed by atoms with Crippen molar-refractivity contribution in [2.24, 2.45) is 0 Å². The van der Waals surface area contributed by atoms with E-state index in [2.05, 4.69) is 5.32 Å². The van der Waals surface area contributed by atoms with E-state index in [9.17, 15) is 14.9 Å². The number of nitrogens with one attached hydrogen (secondary N) is 1. The Labute approximate surface area is 177 Å². The summed E-state index contributed by atoms with van der Waals surface area (Å²) in [6, 6.07) is 18.2. The van der Waals surface area contributed by atoms with Crippen LogP contribution in [0.4, 0.5) is 11.4 Å². The molecule has 0 atom stereocenters. The molecule has 0 fully saturated rings. The minimum absolute atomic E-state index is 0.104. The molecule has 4 rings (SSSR count). The van der Waals surface area contributed by atoms with E-state index in [-0.39, 0.29) is 30.7 Å². The van der Waals surface area contributed by atoms with Gasteiger partial charge >= 0.3 is 0 Å². The number of fused-ring (bicyclic) bond motifs is 1. The molecule has 158 valence electrons. The second-order valence-electron chi connectivity index (χ2n) is 6.60. The fourth-order valence-corrected chi connectivity index (χ4v) is 2.90. The molecule has 0 aromatic heterocycles. The Morgan fingerprint density at radius 1 is 0.968 bits per heavy atom. The average Bonchev–Trinajstić information content (AvgIpc) is 3.25. The lowest BCUT2D eigenvalue weighted by Crippen LogP contribution is -2.20. The van der Waals surface area contributed by atoms with Gasteiger partial charge in [-0.05, 0) is 35.9 Å². The van der Waals surface area contributed by atoms with Crippen LogP contribution in [0.3, 0.4) is 0 Å². The zero-order valence-electron chi connectivity index (χ0n) is 16.3. The summed E-state index contributed by atoms with van der Waals surface area (Å²) in [5.74, 6) is 1.83. The Balaban J connectivity index is 1.30. The molecule has 0 aliphatic carbocycles. The molecule has 0 unspecified atom stereocenters. The zero-order valence-corrected chi connectivity index (χ0v) is 16.3. The van der Waals surface area contributed by atoms with Crippen molar-refractivity contribution >= 4 is 17.3 Å². The Hall–Kier alpha value is -4.27. The van der Waals surface area contributed by atoms with Gasteiger partial charge in [0, 0.05) is 17.8 Å². The van der Waals surface area contributed by atoms with Gasteiger partial charge < -0.3 is 24.3 Å². The first-order chi connectivity index (χ1) is 15.1. The zero-order chi connectivity index (χ0) is 21.6. The second-order valence-corrected chi connectivity index (χ2v) is 6.60. The molecular formula is C22H18N2O7. The van der Waals surface area contributed by atoms with Crippen LogP contribution < -0.4 is 24.3 Å². The SMILES string of the molecule is O=C(COc1cccc([N+](=O)[O-])c1)Nc1cccc(COc2ccc3c(c2)OCO3)c1. The summed E-state index contributed by atoms with van der Waals surface area (Å²) in [5.41, 5.74) is 1.34. The highest BCUT2D eigenvalue weighted by Gasteiger charge is 2.14. The minimum atomic E-state index is -0.524. The van der Waals surface area contributed by atoms with Crippen LogP contribution >= 0.6 is 0 Å². The summed E-state index contributed by atoms with van der Waals surface area (Å²) in [6.45, 7) is 0.220. The van der Waals surface area contributed by atoms with Crippen LogP contribution in [0.2, 0.25) is 0 Å². The molecule has 3 aromatic rings. The highest BCUT2D eigenvalue weighted by atomic mass is 16.7. The fourth-order valence-electron chi connectivity index (χ4n) is 2.90. The van der Waals surface area contributed by atoms with Crippen molar-refractivity contribution in [3.63, 3.8) is 0 Å². The molecule has 1 aliphatic heterocycles. The summed E-state index contributed by atoms with van der Waals surface area (Å²) in [7, 11) is 0. The van der Waals surface area contributed by atoms with Crippen LogP contribution in [0.1, 0.15) is 5.56 Å². The highest BCUT2D eigenvalue weighted by molar-refractivity contribution is 5.91. The number of ether oxygens (including phenoxy) is 4. The lowest BCUT2D eigenvalue weighted by molar-refractivity contribution is -0.384. The molecule has 0 spiro atoms. The molecule has 0 saturated carbocycles. The number of nitro groups is 1. The lowest BCUT2D eigenvalue weighted by Gasteiger charge is -2.10. The Morgan fingerprint density at radius 3 is 2.65 bits per heavy atom. The van der Waals surface area contributed by atoms with Crippen molar-refractivity contribution in [2.45, 2.75) is 6.61 Å². The van der Waals surface area contributed by atoms with E-state index in [1.54, 1.807) is 42.5 Å². The molecule has 31 heavy (non-hydrogen) atoms. The van der Waals surface area contributed by atoms with E-state index < -0.39 is 4.92 Å². The summed E-state index contributed by atoms with van der Waals surface area (Å²) in [5, 5.41) is 13.5. The lowest BCUT2D eigenvalue weighted by atomic mass is 10.2. The molecule has 3 aromatic carbocycles. The number of hydrogen-bond acceptors (Lipinski definition) is 7. The van der Waals surface area contributed by atoms with Crippen molar-refractivity contribution in [3.8, 4) is 23.0 Å². The van der Waals surface area contributed by atoms with Crippen LogP contribution in [0.25, 0.3) is 0 Å². The van der Waals surface area contributed by atoms with Gasteiger partial charge in [-0.15, -0.1) is 0 Å². The normalized spacial score (nSPS) is 11.6. The maximum atomic E-state index is 12.2. The number of anilines is 1. The molecule has 0 bridgehead atoms. The third-order valence-corrected chi connectivity index (χ3v) is 4.36. The molecule has 0 radical (unpaired) electrons. The smallest absolute Gasteiger partial charge is 0.273 e. The average molecular weight is 422 g/mol. The van der Waals surface area contributed by atoms with Gasteiger partial charge in [0.1, 0.15) is 18.1 Å². The van der Waals surface area contributed by atoms with Gasteiger partial charge in [0.15, 0.2) is 18.1 Å². The molecule has 1 heterocycles. The predicted molar refractivity (Wildman–Crippen MR) is 111 cm³/mol. The van der Waals surface area contributed by atoms with E-state index in [0.29, 0.717) is 29.5 Å². The molecule has 9 nitrogen and oxygen atoms in total. The van der Waals surface area contributed by atoms with Crippen molar-refractivity contribution in [1.29, 1.82) is 0 Å². The first kappa shape index (κ1) is 20.0. The summed E-state index contributed by atoms with van der Waals surface area (Å²) < 4.78 is 21.7. The number of nitro benzene ring substituents is 1. The monoisotopic (exact) mass is 422 g/mol. The van der Waals surface area contributed by atoms with Crippen LogP contribution in [-0.2, 0) is 11.4 Å². The quantitative estimate of drug-likeness (QED) is 0.433. The topological polar surface area (TPSA) is 109 Å². The van der Waals surface area contributed by atoms with Crippen molar-refractivity contribution in [2.75, 3.05) is 18.7 Å². The summed E-state index contributed by atoms with van der Waals surface area (Å²) in [6.07, 6.45) is 0. The summed E-state index contributed by atoms with van der Waals surface area (Å²) in [4.78, 5) is 22.5. The van der Waals surface area contributed by atoms with Crippen molar-refractivity contribution in [3.05, 3.63) is 82.4 Å². The number of benzene rings is 3. The van der Waals surface area contributed by atoms with Gasteiger partial charge in [-0.3, -0.25) is 14.9 Å². The van der Waals surface area contributed by atoms with Gasteiger partial charge in [0.05, 0.1) is 11.0 Å². The number of rotatable bonds is 8. The Morgan fingerprint density at radius 2 is 1.77 bits per heavy atom. The highest BCUT2D eigenvalue weighted by Crippen LogP contribution is 2.35. The maximum Gasteiger partial charge on any atom is 0.273 e. The number of non-ortho nitro benzene ring substituents is 1. The first-order valence-corrected chi connectivity index (χ1v) is 9.35. The first-order valence-electron chi connectivity index (χ1n) is 9.35. The molecule has 1 aliphatic rings. The van der Waals surface area contributed by atoms with Gasteiger partial charge in [-0.25, -0.2) is 0 Å². The van der Waals surface area contributed by atoms with Crippen molar-refractivity contribution < 1.29 is 28.7 Å². The number of carbonyl (C=O) groups is 1. The molecule has 9 heteroatoms. The fraction of sp³-hybridized carbons (Fsp3) is 0.136. The number of hydrogen-bond donors (Lipinski definition) is 1. The maximum absolute atomic E-state index is 12.2. The van der Waals surface area contributed by atoms with Gasteiger partial charge in [0.25, 0.3) is 11.6 Å². The Kier molecular flexibility index (Phi) is 5.84. The number of amides is 1. The van der Waals surface area contributed by atoms with Crippen LogP contribution in [-0.4, -0.2) is 24.2 Å². The van der Waals surface area contributed by atoms with Crippen molar-refractivity contribution in [1.82, 2.24) is 0 Å². The molecule has 1 amide bonds. The summed E-state index contributed by atoms with van der Waals surface area (Å²) >= 11 is 0. The Bertz CT molecular complexity index is 1120. The molecular weight excluding hydrogens is 404 g/mol. The number of nitrogens with zero attached hydrogens (tertiary/aromatic N) is 1. The van der Waals surface area contributed by atoms with E-state index >= 15 is 0 Å². The van der Waals surface area contributed by atoms with E-state index in [1.807, 2.05) is 6.07 Å².